The van der Waals surface area contributed by atoms with Crippen LogP contribution in [0.4, 0.5) is 0 Å². The van der Waals surface area contributed by atoms with Crippen LogP contribution in [0.15, 0.2) is 48.7 Å². The lowest BCUT2D eigenvalue weighted by Gasteiger charge is -2.30. The van der Waals surface area contributed by atoms with Gasteiger partial charge in [-0.05, 0) is 29.5 Å². The van der Waals surface area contributed by atoms with Crippen molar-refractivity contribution in [1.82, 2.24) is 14.5 Å². The van der Waals surface area contributed by atoms with Crippen molar-refractivity contribution in [2.45, 2.75) is 12.8 Å². The third kappa shape index (κ3) is 2.99. The zero-order valence-corrected chi connectivity index (χ0v) is 14.9. The number of carbonyl (C=O) groups is 1. The van der Waals surface area contributed by atoms with Gasteiger partial charge in [-0.3, -0.25) is 4.79 Å². The minimum Gasteiger partial charge on any atom is -0.396 e. The first-order chi connectivity index (χ1) is 12.7. The number of likely N-dealkylation sites (tertiary alicyclic amines) is 1. The third-order valence-corrected chi connectivity index (χ3v) is 5.29. The zero-order chi connectivity index (χ0) is 18.1. The molecule has 0 bridgehead atoms. The molecule has 4 rings (SSSR count). The molecule has 1 amide bonds. The summed E-state index contributed by atoms with van der Waals surface area (Å²) in [6.07, 6.45) is 3.63. The van der Waals surface area contributed by atoms with Gasteiger partial charge in [-0.25, -0.2) is 4.98 Å². The van der Waals surface area contributed by atoms with Crippen molar-refractivity contribution in [1.29, 1.82) is 0 Å². The summed E-state index contributed by atoms with van der Waals surface area (Å²) in [5.74, 6) is 0.748. The van der Waals surface area contributed by atoms with Crippen LogP contribution in [0.25, 0.3) is 22.0 Å². The maximum Gasteiger partial charge on any atom is 0.289 e. The number of fused-ring (bicyclic) bond motifs is 1. The van der Waals surface area contributed by atoms with Gasteiger partial charge in [0.1, 0.15) is 0 Å². The Morgan fingerprint density at radius 2 is 1.88 bits per heavy atom. The van der Waals surface area contributed by atoms with Crippen LogP contribution >= 0.6 is 0 Å². The molecule has 0 saturated carbocycles. The van der Waals surface area contributed by atoms with Crippen LogP contribution in [0, 0.1) is 5.92 Å². The first kappa shape index (κ1) is 16.8. The second kappa shape index (κ2) is 6.92. The van der Waals surface area contributed by atoms with Gasteiger partial charge in [0.25, 0.3) is 5.91 Å². The fraction of sp³-hybridized carbons (Fsp3) is 0.333. The summed E-state index contributed by atoms with van der Waals surface area (Å²) in [6, 6.07) is 14.4. The molecular formula is C21H23N3O2. The van der Waals surface area contributed by atoms with Gasteiger partial charge in [0.2, 0.25) is 0 Å². The lowest BCUT2D eigenvalue weighted by molar-refractivity contribution is 0.0635. The van der Waals surface area contributed by atoms with Crippen LogP contribution in [0.1, 0.15) is 23.5 Å². The van der Waals surface area contributed by atoms with Crippen molar-refractivity contribution >= 4 is 16.7 Å². The summed E-state index contributed by atoms with van der Waals surface area (Å²) in [6.45, 7) is 1.57. The van der Waals surface area contributed by atoms with Crippen LogP contribution in [-0.2, 0) is 7.05 Å². The number of imidazole rings is 1. The predicted molar refractivity (Wildman–Crippen MR) is 102 cm³/mol. The van der Waals surface area contributed by atoms with E-state index in [-0.39, 0.29) is 12.5 Å². The zero-order valence-electron chi connectivity index (χ0n) is 14.9. The highest BCUT2D eigenvalue weighted by Gasteiger charge is 2.26. The quantitative estimate of drug-likeness (QED) is 0.790. The molecule has 1 fully saturated rings. The molecule has 26 heavy (non-hydrogen) atoms. The molecule has 0 spiro atoms. The monoisotopic (exact) mass is 349 g/mol. The number of hydrogen-bond acceptors (Lipinski definition) is 3. The number of aliphatic hydroxyl groups excluding tert-OH is 1. The Bertz CT molecular complexity index is 934. The molecule has 5 nitrogen and oxygen atoms in total. The molecule has 0 aliphatic carbocycles. The van der Waals surface area contributed by atoms with E-state index >= 15 is 0 Å². The molecule has 0 radical (unpaired) electrons. The molecule has 0 atom stereocenters. The molecule has 5 heteroatoms. The Balaban J connectivity index is 1.64. The number of aliphatic hydroxyl groups is 1. The number of piperidine rings is 1. The second-order valence-electron chi connectivity index (χ2n) is 7.01. The largest absolute Gasteiger partial charge is 0.396 e. The van der Waals surface area contributed by atoms with Crippen molar-refractivity contribution in [3.63, 3.8) is 0 Å². The van der Waals surface area contributed by atoms with Crippen molar-refractivity contribution in [2.24, 2.45) is 13.0 Å². The van der Waals surface area contributed by atoms with Gasteiger partial charge in [0.15, 0.2) is 5.82 Å². The summed E-state index contributed by atoms with van der Waals surface area (Å²) >= 11 is 0. The van der Waals surface area contributed by atoms with E-state index in [2.05, 4.69) is 23.2 Å². The van der Waals surface area contributed by atoms with Gasteiger partial charge >= 0.3 is 0 Å². The van der Waals surface area contributed by atoms with Crippen LogP contribution < -0.4 is 0 Å². The molecule has 1 saturated heterocycles. The highest BCUT2D eigenvalue weighted by Crippen LogP contribution is 2.28. The van der Waals surface area contributed by atoms with E-state index < -0.39 is 0 Å². The van der Waals surface area contributed by atoms with Gasteiger partial charge in [-0.1, -0.05) is 42.5 Å². The number of nitrogens with zero attached hydrogens (tertiary/aromatic N) is 3. The average Bonchev–Trinajstić information content (AvgIpc) is 3.08. The van der Waals surface area contributed by atoms with E-state index in [4.69, 9.17) is 0 Å². The number of aryl methyl sites for hydroxylation is 1. The first-order valence-electron chi connectivity index (χ1n) is 9.09. The van der Waals surface area contributed by atoms with Crippen molar-refractivity contribution in [2.75, 3.05) is 19.7 Å². The molecule has 1 aliphatic rings. The number of benzene rings is 2. The molecule has 134 valence electrons. The number of amides is 1. The highest BCUT2D eigenvalue weighted by atomic mass is 16.3. The van der Waals surface area contributed by atoms with E-state index in [1.54, 1.807) is 0 Å². The van der Waals surface area contributed by atoms with Crippen LogP contribution in [0.3, 0.4) is 0 Å². The molecule has 1 aliphatic heterocycles. The van der Waals surface area contributed by atoms with Crippen molar-refractivity contribution in [3.8, 4) is 11.3 Å². The Morgan fingerprint density at radius 1 is 1.15 bits per heavy atom. The third-order valence-electron chi connectivity index (χ3n) is 5.29. The molecule has 1 aromatic heterocycles. The van der Waals surface area contributed by atoms with E-state index in [0.29, 0.717) is 24.8 Å². The lowest BCUT2D eigenvalue weighted by atomic mass is 9.98. The van der Waals surface area contributed by atoms with E-state index in [1.807, 2.05) is 47.0 Å². The Kier molecular flexibility index (Phi) is 4.47. The van der Waals surface area contributed by atoms with Crippen molar-refractivity contribution < 1.29 is 9.90 Å². The fourth-order valence-electron chi connectivity index (χ4n) is 3.70. The molecule has 2 aromatic carbocycles. The average molecular weight is 349 g/mol. The minimum absolute atomic E-state index is 0.0321. The summed E-state index contributed by atoms with van der Waals surface area (Å²) in [5.41, 5.74) is 1.86. The summed E-state index contributed by atoms with van der Waals surface area (Å²) in [4.78, 5) is 19.4. The molecule has 1 N–H and O–H groups in total. The highest BCUT2D eigenvalue weighted by molar-refractivity contribution is 5.97. The lowest BCUT2D eigenvalue weighted by Crippen LogP contribution is -2.40. The van der Waals surface area contributed by atoms with Gasteiger partial charge in [-0.15, -0.1) is 0 Å². The summed E-state index contributed by atoms with van der Waals surface area (Å²) in [5, 5.41) is 11.6. The minimum atomic E-state index is -0.0321. The van der Waals surface area contributed by atoms with Gasteiger partial charge in [-0.2, -0.15) is 0 Å². The standard InChI is InChI=1S/C21H23N3O2/c1-23-13-19(18-8-4-6-16-5-2-3-7-17(16)18)22-20(23)21(26)24-11-9-15(14-25)10-12-24/h2-8,13,15,25H,9-12,14H2,1H3. The smallest absolute Gasteiger partial charge is 0.289 e. The number of carbonyl (C=O) groups excluding carboxylic acids is 1. The van der Waals surface area contributed by atoms with Crippen LogP contribution in [0.5, 0.6) is 0 Å². The SMILES string of the molecule is Cn1cc(-c2cccc3ccccc23)nc1C(=O)N1CCC(CO)CC1. The van der Waals surface area contributed by atoms with Gasteiger partial charge < -0.3 is 14.6 Å². The number of rotatable bonds is 3. The second-order valence-corrected chi connectivity index (χ2v) is 7.01. The Hall–Kier alpha value is -2.66. The number of hydrogen-bond donors (Lipinski definition) is 1. The summed E-state index contributed by atoms with van der Waals surface area (Å²) in [7, 11) is 1.87. The molecule has 0 unspecified atom stereocenters. The molecule has 3 aromatic rings. The van der Waals surface area contributed by atoms with E-state index in [1.165, 1.54) is 0 Å². The Morgan fingerprint density at radius 3 is 2.65 bits per heavy atom. The maximum atomic E-state index is 12.9. The normalized spacial score (nSPS) is 15.5. The van der Waals surface area contributed by atoms with Crippen molar-refractivity contribution in [3.05, 3.63) is 54.5 Å². The van der Waals surface area contributed by atoms with E-state index in [0.717, 1.165) is 34.9 Å². The Labute approximate surface area is 152 Å². The van der Waals surface area contributed by atoms with E-state index in [9.17, 15) is 9.90 Å². The first-order valence-corrected chi connectivity index (χ1v) is 9.09. The summed E-state index contributed by atoms with van der Waals surface area (Å²) < 4.78 is 1.82. The van der Waals surface area contributed by atoms with Gasteiger partial charge in [0, 0.05) is 38.5 Å². The van der Waals surface area contributed by atoms with Crippen LogP contribution in [-0.4, -0.2) is 45.2 Å². The maximum absolute atomic E-state index is 12.9. The topological polar surface area (TPSA) is 58.4 Å². The molecular weight excluding hydrogens is 326 g/mol. The molecule has 2 heterocycles. The fourth-order valence-corrected chi connectivity index (χ4v) is 3.70. The van der Waals surface area contributed by atoms with Gasteiger partial charge in [0.05, 0.1) is 5.69 Å². The predicted octanol–water partition coefficient (Wildman–Crippen LogP) is 3.08. The number of aromatic nitrogens is 2. The van der Waals surface area contributed by atoms with Crippen LogP contribution in [0.2, 0.25) is 0 Å².